The van der Waals surface area contributed by atoms with E-state index in [1.165, 1.54) is 30.2 Å². The third-order valence-electron chi connectivity index (χ3n) is 5.84. The lowest BCUT2D eigenvalue weighted by Gasteiger charge is -2.22. The SMILES string of the molecule is COC(=O)c1cccc(NC(=O)c2ccc3c(c2)C(=O)N(C(C)c2ccccc2)C3=O)c1C. The number of methoxy groups -OCH3 is 1. The molecule has 1 unspecified atom stereocenters. The molecule has 1 aliphatic rings. The monoisotopic (exact) mass is 442 g/mol. The first kappa shape index (κ1) is 22.0. The number of nitrogens with zero attached hydrogens (tertiary/aromatic N) is 1. The largest absolute Gasteiger partial charge is 0.465 e. The number of amides is 3. The second-order valence-electron chi connectivity index (χ2n) is 7.75. The van der Waals surface area contributed by atoms with Gasteiger partial charge in [0.1, 0.15) is 0 Å². The van der Waals surface area contributed by atoms with Crippen molar-refractivity contribution in [1.29, 1.82) is 0 Å². The summed E-state index contributed by atoms with van der Waals surface area (Å²) in [4.78, 5) is 52.0. The smallest absolute Gasteiger partial charge is 0.338 e. The highest BCUT2D eigenvalue weighted by atomic mass is 16.5. The molecular formula is C26H22N2O5. The van der Waals surface area contributed by atoms with Gasteiger partial charge in [-0.3, -0.25) is 19.3 Å². The molecule has 3 amide bonds. The van der Waals surface area contributed by atoms with Gasteiger partial charge in [0.25, 0.3) is 17.7 Å². The number of ether oxygens (including phenoxy) is 1. The molecule has 3 aromatic carbocycles. The third-order valence-corrected chi connectivity index (χ3v) is 5.84. The molecule has 1 heterocycles. The molecule has 0 saturated heterocycles. The maximum Gasteiger partial charge on any atom is 0.338 e. The molecule has 0 fully saturated rings. The number of hydrogen-bond acceptors (Lipinski definition) is 5. The minimum atomic E-state index is -0.502. The average molecular weight is 442 g/mol. The van der Waals surface area contributed by atoms with E-state index in [2.05, 4.69) is 5.32 Å². The van der Waals surface area contributed by atoms with Crippen LogP contribution in [0.5, 0.6) is 0 Å². The predicted octanol–water partition coefficient (Wildman–Crippen LogP) is 4.39. The van der Waals surface area contributed by atoms with Crippen LogP contribution in [0.4, 0.5) is 5.69 Å². The molecule has 4 rings (SSSR count). The van der Waals surface area contributed by atoms with Crippen molar-refractivity contribution in [3.8, 4) is 0 Å². The summed E-state index contributed by atoms with van der Waals surface area (Å²) in [6.45, 7) is 3.50. The fourth-order valence-electron chi connectivity index (χ4n) is 3.93. The van der Waals surface area contributed by atoms with E-state index in [1.54, 1.807) is 32.0 Å². The van der Waals surface area contributed by atoms with E-state index in [4.69, 9.17) is 4.74 Å². The zero-order valence-corrected chi connectivity index (χ0v) is 18.4. The Hall–Kier alpha value is -4.26. The normalized spacial score (nSPS) is 13.5. The summed E-state index contributed by atoms with van der Waals surface area (Å²) in [6.07, 6.45) is 0. The quantitative estimate of drug-likeness (QED) is 0.467. The van der Waals surface area contributed by atoms with Gasteiger partial charge < -0.3 is 10.1 Å². The minimum Gasteiger partial charge on any atom is -0.465 e. The van der Waals surface area contributed by atoms with Gasteiger partial charge in [-0.1, -0.05) is 36.4 Å². The van der Waals surface area contributed by atoms with Crippen molar-refractivity contribution < 1.29 is 23.9 Å². The number of fused-ring (bicyclic) bond motifs is 1. The van der Waals surface area contributed by atoms with Gasteiger partial charge in [-0.25, -0.2) is 4.79 Å². The molecule has 1 aliphatic heterocycles. The van der Waals surface area contributed by atoms with E-state index in [1.807, 2.05) is 30.3 Å². The van der Waals surface area contributed by atoms with E-state index in [9.17, 15) is 19.2 Å². The van der Waals surface area contributed by atoms with Crippen molar-refractivity contribution in [2.75, 3.05) is 12.4 Å². The molecular weight excluding hydrogens is 420 g/mol. The van der Waals surface area contributed by atoms with Gasteiger partial charge in [-0.05, 0) is 55.3 Å². The summed E-state index contributed by atoms with van der Waals surface area (Å²) in [6, 6.07) is 18.2. The number of nitrogens with one attached hydrogen (secondary N) is 1. The second kappa shape index (κ2) is 8.70. The molecule has 1 atom stereocenters. The first-order chi connectivity index (χ1) is 15.8. The van der Waals surface area contributed by atoms with Crippen LogP contribution in [0.15, 0.2) is 66.7 Å². The Morgan fingerprint density at radius 2 is 1.61 bits per heavy atom. The average Bonchev–Trinajstić information content (AvgIpc) is 3.09. The predicted molar refractivity (Wildman–Crippen MR) is 122 cm³/mol. The third kappa shape index (κ3) is 3.89. The molecule has 0 aromatic heterocycles. The minimum absolute atomic E-state index is 0.190. The van der Waals surface area contributed by atoms with Crippen LogP contribution in [0, 0.1) is 6.92 Å². The number of benzene rings is 3. The summed E-state index contributed by atoms with van der Waals surface area (Å²) >= 11 is 0. The summed E-state index contributed by atoms with van der Waals surface area (Å²) in [5.41, 5.74) is 2.88. The highest BCUT2D eigenvalue weighted by Crippen LogP contribution is 2.32. The fourth-order valence-corrected chi connectivity index (χ4v) is 3.93. The lowest BCUT2D eigenvalue weighted by Crippen LogP contribution is -2.32. The van der Waals surface area contributed by atoms with Gasteiger partial charge in [0.15, 0.2) is 0 Å². The van der Waals surface area contributed by atoms with Crippen LogP contribution in [-0.2, 0) is 4.74 Å². The molecule has 7 heteroatoms. The number of carbonyl (C=O) groups is 4. The van der Waals surface area contributed by atoms with E-state index < -0.39 is 23.8 Å². The molecule has 0 bridgehead atoms. The molecule has 33 heavy (non-hydrogen) atoms. The fraction of sp³-hybridized carbons (Fsp3) is 0.154. The van der Waals surface area contributed by atoms with E-state index >= 15 is 0 Å². The Balaban J connectivity index is 1.60. The van der Waals surface area contributed by atoms with Gasteiger partial charge in [0.05, 0.1) is 29.8 Å². The summed E-state index contributed by atoms with van der Waals surface area (Å²) in [5.74, 6) is -1.79. The van der Waals surface area contributed by atoms with Gasteiger partial charge in [0.2, 0.25) is 0 Å². The Bertz CT molecular complexity index is 1280. The molecule has 166 valence electrons. The summed E-state index contributed by atoms with van der Waals surface area (Å²) in [5, 5.41) is 2.77. The maximum atomic E-state index is 13.1. The molecule has 1 N–H and O–H groups in total. The molecule has 0 spiro atoms. The first-order valence-corrected chi connectivity index (χ1v) is 10.4. The Morgan fingerprint density at radius 1 is 0.909 bits per heavy atom. The van der Waals surface area contributed by atoms with E-state index in [0.717, 1.165) is 5.56 Å². The molecule has 0 radical (unpaired) electrons. The van der Waals surface area contributed by atoms with Crippen LogP contribution in [0.2, 0.25) is 0 Å². The molecule has 3 aromatic rings. The number of rotatable bonds is 5. The van der Waals surface area contributed by atoms with Crippen molar-refractivity contribution in [1.82, 2.24) is 4.90 Å². The second-order valence-corrected chi connectivity index (χ2v) is 7.75. The Labute approximate surface area is 191 Å². The zero-order chi connectivity index (χ0) is 23.7. The van der Waals surface area contributed by atoms with Gasteiger partial charge >= 0.3 is 5.97 Å². The van der Waals surface area contributed by atoms with Crippen molar-refractivity contribution in [3.05, 3.63) is 100 Å². The summed E-state index contributed by atoms with van der Waals surface area (Å²) in [7, 11) is 1.29. The number of anilines is 1. The van der Waals surface area contributed by atoms with Crippen LogP contribution < -0.4 is 5.32 Å². The molecule has 0 aliphatic carbocycles. The van der Waals surface area contributed by atoms with Crippen molar-refractivity contribution in [3.63, 3.8) is 0 Å². The highest BCUT2D eigenvalue weighted by Gasteiger charge is 2.39. The van der Waals surface area contributed by atoms with Crippen LogP contribution in [-0.4, -0.2) is 35.7 Å². The molecule has 0 saturated carbocycles. The lowest BCUT2D eigenvalue weighted by molar-refractivity contribution is 0.0585. The van der Waals surface area contributed by atoms with Crippen molar-refractivity contribution >= 4 is 29.4 Å². The number of hydrogen-bond donors (Lipinski definition) is 1. The summed E-state index contributed by atoms with van der Waals surface area (Å²) < 4.78 is 4.77. The lowest BCUT2D eigenvalue weighted by atomic mass is 10.0. The number of esters is 1. The first-order valence-electron chi connectivity index (χ1n) is 10.4. The standard InChI is InChI=1S/C26H22N2O5/c1-15-19(26(32)33-3)10-7-11-22(15)27-23(29)18-12-13-20-21(14-18)25(31)28(24(20)30)16(2)17-8-5-4-6-9-17/h4-14,16H,1-3H3,(H,27,29). The van der Waals surface area contributed by atoms with Crippen molar-refractivity contribution in [2.45, 2.75) is 19.9 Å². The number of imide groups is 1. The Kier molecular flexibility index (Phi) is 5.79. The van der Waals surface area contributed by atoms with Gasteiger partial charge in [0, 0.05) is 11.3 Å². The zero-order valence-electron chi connectivity index (χ0n) is 18.4. The Morgan fingerprint density at radius 3 is 2.30 bits per heavy atom. The van der Waals surface area contributed by atoms with Gasteiger partial charge in [-0.2, -0.15) is 0 Å². The van der Waals surface area contributed by atoms with Gasteiger partial charge in [-0.15, -0.1) is 0 Å². The molecule has 7 nitrogen and oxygen atoms in total. The maximum absolute atomic E-state index is 13.1. The topological polar surface area (TPSA) is 92.8 Å². The van der Waals surface area contributed by atoms with Crippen LogP contribution in [0.25, 0.3) is 0 Å². The van der Waals surface area contributed by atoms with Crippen LogP contribution >= 0.6 is 0 Å². The van der Waals surface area contributed by atoms with E-state index in [-0.39, 0.29) is 22.6 Å². The highest BCUT2D eigenvalue weighted by molar-refractivity contribution is 6.22. The van der Waals surface area contributed by atoms with Crippen LogP contribution in [0.1, 0.15) is 65.5 Å². The van der Waals surface area contributed by atoms with E-state index in [0.29, 0.717) is 16.8 Å². The van der Waals surface area contributed by atoms with Crippen LogP contribution in [0.3, 0.4) is 0 Å². The number of carbonyl (C=O) groups excluding carboxylic acids is 4. The van der Waals surface area contributed by atoms with Crippen molar-refractivity contribution in [2.24, 2.45) is 0 Å².